The highest BCUT2D eigenvalue weighted by Gasteiger charge is 2.38. The normalized spacial score (nSPS) is 11.6. The van der Waals surface area contributed by atoms with E-state index in [-0.39, 0.29) is 27.8 Å². The van der Waals surface area contributed by atoms with E-state index >= 15 is 0 Å². The molecule has 0 spiro atoms. The van der Waals surface area contributed by atoms with E-state index in [0.29, 0.717) is 31.0 Å². The second-order valence-electron chi connectivity index (χ2n) is 8.36. The Kier molecular flexibility index (Phi) is 7.69. The van der Waals surface area contributed by atoms with Crippen LogP contribution in [0, 0.1) is 34.9 Å². The quantitative estimate of drug-likeness (QED) is 0.163. The third-order valence-corrected chi connectivity index (χ3v) is 6.13. The smallest absolute Gasteiger partial charge is 0.428 e. The third kappa shape index (κ3) is 5.34. The van der Waals surface area contributed by atoms with Crippen LogP contribution in [-0.2, 0) is 12.5 Å². The topological polar surface area (TPSA) is 9.23 Å². The molecule has 198 valence electrons. The van der Waals surface area contributed by atoms with Gasteiger partial charge in [0.2, 0.25) is 0 Å². The van der Waals surface area contributed by atoms with Gasteiger partial charge in [-0.3, -0.25) is 0 Å². The number of benzene rings is 4. The van der Waals surface area contributed by atoms with Gasteiger partial charge in [-0.1, -0.05) is 43.1 Å². The minimum Gasteiger partial charge on any atom is -0.429 e. The summed E-state index contributed by atoms with van der Waals surface area (Å²) in [5.41, 5.74) is -1.56. The zero-order valence-electron chi connectivity index (χ0n) is 19.5. The molecule has 0 N–H and O–H groups in total. The maximum absolute atomic E-state index is 14.8. The number of hydrogen-bond acceptors (Lipinski definition) is 1. The fourth-order valence-electron chi connectivity index (χ4n) is 3.90. The molecule has 0 saturated heterocycles. The summed E-state index contributed by atoms with van der Waals surface area (Å²) in [6.07, 6.45) is -3.24. The van der Waals surface area contributed by atoms with Gasteiger partial charge in [-0.25, -0.2) is 26.3 Å². The molecule has 1 nitrogen and oxygen atoms in total. The molecule has 0 aromatic heterocycles. The van der Waals surface area contributed by atoms with Gasteiger partial charge in [-0.15, -0.1) is 0 Å². The lowest BCUT2D eigenvalue weighted by Gasteiger charge is -2.20. The first-order valence-electron chi connectivity index (χ1n) is 11.2. The average molecular weight is 557 g/mol. The summed E-state index contributed by atoms with van der Waals surface area (Å²) in [4.78, 5) is 0. The van der Waals surface area contributed by atoms with E-state index in [1.165, 1.54) is 12.1 Å². The van der Waals surface area contributed by atoms with Crippen LogP contribution >= 0.6 is 11.6 Å². The van der Waals surface area contributed by atoms with Crippen molar-refractivity contribution >= 4 is 11.6 Å². The molecular formula is C28H17ClF8O. The van der Waals surface area contributed by atoms with Gasteiger partial charge >= 0.3 is 6.11 Å². The number of aryl methyl sites for hydroxylation is 1. The summed E-state index contributed by atoms with van der Waals surface area (Å²) in [6, 6.07) is 9.21. The van der Waals surface area contributed by atoms with E-state index in [2.05, 4.69) is 4.74 Å². The summed E-state index contributed by atoms with van der Waals surface area (Å²) in [6.45, 7) is 1.79. The van der Waals surface area contributed by atoms with Crippen LogP contribution in [0.2, 0.25) is 5.02 Å². The van der Waals surface area contributed by atoms with Gasteiger partial charge in [0.25, 0.3) is 0 Å². The summed E-state index contributed by atoms with van der Waals surface area (Å²) in [5, 5.41) is -0.811. The summed E-state index contributed by atoms with van der Waals surface area (Å²) in [7, 11) is 0. The van der Waals surface area contributed by atoms with E-state index in [9.17, 15) is 35.1 Å². The van der Waals surface area contributed by atoms with Crippen molar-refractivity contribution in [3.63, 3.8) is 0 Å². The Balaban J connectivity index is 1.60. The van der Waals surface area contributed by atoms with Gasteiger partial charge in [0.15, 0.2) is 17.5 Å². The van der Waals surface area contributed by atoms with Gasteiger partial charge in [-0.05, 0) is 59.5 Å². The van der Waals surface area contributed by atoms with E-state index in [1.54, 1.807) is 6.92 Å². The second-order valence-corrected chi connectivity index (χ2v) is 8.74. The lowest BCUT2D eigenvalue weighted by atomic mass is 9.99. The zero-order valence-corrected chi connectivity index (χ0v) is 20.3. The van der Waals surface area contributed by atoms with Crippen LogP contribution < -0.4 is 4.74 Å². The van der Waals surface area contributed by atoms with Crippen molar-refractivity contribution in [2.24, 2.45) is 0 Å². The monoisotopic (exact) mass is 556 g/mol. The van der Waals surface area contributed by atoms with Crippen LogP contribution in [0.3, 0.4) is 0 Å². The van der Waals surface area contributed by atoms with Gasteiger partial charge in [0, 0.05) is 17.2 Å². The molecule has 0 amide bonds. The maximum atomic E-state index is 14.8. The van der Waals surface area contributed by atoms with Crippen molar-refractivity contribution in [2.75, 3.05) is 0 Å². The molecule has 0 aliphatic rings. The van der Waals surface area contributed by atoms with E-state index in [1.807, 2.05) is 0 Å². The summed E-state index contributed by atoms with van der Waals surface area (Å²) >= 11 is 5.81. The Hall–Kier alpha value is -3.59. The van der Waals surface area contributed by atoms with Gasteiger partial charge in [0.1, 0.15) is 23.2 Å². The van der Waals surface area contributed by atoms with E-state index < -0.39 is 57.3 Å². The van der Waals surface area contributed by atoms with E-state index in [4.69, 9.17) is 11.6 Å². The Morgan fingerprint density at radius 1 is 0.684 bits per heavy atom. The Morgan fingerprint density at radius 2 is 1.26 bits per heavy atom. The standard InChI is InChI=1S/C28H17ClF8O/c1-2-3-14-5-9-20(25(29)26(14)34)28(36,37)38-17-6-8-18(22(31)13-17)15-4-7-19(21(30)10-15)16-11-23(32)27(35)24(33)12-16/h4-13H,2-3H2,1H3. The molecular weight excluding hydrogens is 540 g/mol. The van der Waals surface area contributed by atoms with Crippen LogP contribution in [-0.4, -0.2) is 0 Å². The predicted molar refractivity (Wildman–Crippen MR) is 127 cm³/mol. The molecule has 0 heterocycles. The minimum absolute atomic E-state index is 0.0262. The van der Waals surface area contributed by atoms with Crippen molar-refractivity contribution in [3.8, 4) is 28.0 Å². The number of rotatable bonds is 7. The summed E-state index contributed by atoms with van der Waals surface area (Å²) < 4.78 is 118. The molecule has 0 aliphatic heterocycles. The average Bonchev–Trinajstić information content (AvgIpc) is 2.85. The predicted octanol–water partition coefficient (Wildman–Crippen LogP) is 9.59. The van der Waals surface area contributed by atoms with Crippen molar-refractivity contribution in [2.45, 2.75) is 25.9 Å². The van der Waals surface area contributed by atoms with Crippen molar-refractivity contribution < 1.29 is 39.9 Å². The second kappa shape index (κ2) is 10.6. The number of ether oxygens (including phenoxy) is 1. The lowest BCUT2D eigenvalue weighted by molar-refractivity contribution is -0.185. The first-order valence-corrected chi connectivity index (χ1v) is 11.6. The fourth-order valence-corrected chi connectivity index (χ4v) is 4.20. The number of hydrogen-bond donors (Lipinski definition) is 0. The molecule has 0 radical (unpaired) electrons. The van der Waals surface area contributed by atoms with Crippen molar-refractivity contribution in [3.05, 3.63) is 112 Å². The van der Waals surface area contributed by atoms with Crippen LogP contribution in [0.5, 0.6) is 5.75 Å². The van der Waals surface area contributed by atoms with Crippen LogP contribution in [0.15, 0.2) is 60.7 Å². The molecule has 0 saturated carbocycles. The SMILES string of the molecule is CCCc1ccc(C(F)(F)Oc2ccc(-c3ccc(-c4cc(F)c(F)c(F)c4)c(F)c3)c(F)c2)c(Cl)c1F. The summed E-state index contributed by atoms with van der Waals surface area (Å²) in [5.74, 6) is -8.39. The van der Waals surface area contributed by atoms with E-state index in [0.717, 1.165) is 30.3 Å². The largest absolute Gasteiger partial charge is 0.429 e. The van der Waals surface area contributed by atoms with Gasteiger partial charge < -0.3 is 4.74 Å². The third-order valence-electron chi connectivity index (χ3n) is 5.76. The Morgan fingerprint density at radius 3 is 1.87 bits per heavy atom. The first kappa shape index (κ1) is 27.4. The van der Waals surface area contributed by atoms with Gasteiger partial charge in [-0.2, -0.15) is 8.78 Å². The molecule has 0 atom stereocenters. The molecule has 10 heteroatoms. The van der Waals surface area contributed by atoms with Crippen molar-refractivity contribution in [1.29, 1.82) is 0 Å². The molecule has 0 aliphatic carbocycles. The molecule has 4 aromatic rings. The van der Waals surface area contributed by atoms with Gasteiger partial charge in [0.05, 0.1) is 10.6 Å². The van der Waals surface area contributed by atoms with Crippen LogP contribution in [0.25, 0.3) is 22.3 Å². The lowest BCUT2D eigenvalue weighted by Crippen LogP contribution is -2.23. The molecule has 0 fully saturated rings. The fraction of sp³-hybridized carbons (Fsp3) is 0.143. The maximum Gasteiger partial charge on any atom is 0.428 e. The van der Waals surface area contributed by atoms with Crippen molar-refractivity contribution in [1.82, 2.24) is 0 Å². The molecule has 4 rings (SSSR count). The van der Waals surface area contributed by atoms with Crippen LogP contribution in [0.4, 0.5) is 35.1 Å². The molecule has 0 unspecified atom stereocenters. The number of halogens is 9. The van der Waals surface area contributed by atoms with Crippen LogP contribution in [0.1, 0.15) is 24.5 Å². The molecule has 38 heavy (non-hydrogen) atoms. The highest BCUT2D eigenvalue weighted by atomic mass is 35.5. The molecule has 4 aromatic carbocycles. The first-order chi connectivity index (χ1) is 17.9. The number of alkyl halides is 2. The Labute approximate surface area is 217 Å². The highest BCUT2D eigenvalue weighted by molar-refractivity contribution is 6.31. The Bertz CT molecular complexity index is 1500. The minimum atomic E-state index is -4.11. The highest BCUT2D eigenvalue weighted by Crippen LogP contribution is 2.39. The molecule has 0 bridgehead atoms. The zero-order chi connectivity index (χ0) is 27.8.